The second kappa shape index (κ2) is 10.1. The van der Waals surface area contributed by atoms with E-state index in [1.807, 2.05) is 54.0 Å². The number of hydrogen-bond acceptors (Lipinski definition) is 3. The molecule has 2 amide bonds. The van der Waals surface area contributed by atoms with Crippen molar-refractivity contribution in [1.82, 2.24) is 14.9 Å². The molecule has 0 aliphatic rings. The molecule has 33 heavy (non-hydrogen) atoms. The minimum Gasteiger partial charge on any atom is -0.352 e. The van der Waals surface area contributed by atoms with Crippen molar-refractivity contribution in [2.45, 2.75) is 26.3 Å². The number of carbonyl (C=O) groups excluding carboxylic acids is 2. The van der Waals surface area contributed by atoms with Gasteiger partial charge in [0.1, 0.15) is 18.2 Å². The average molecular weight is 445 g/mol. The summed E-state index contributed by atoms with van der Waals surface area (Å²) in [5, 5.41) is 5.67. The fourth-order valence-electron chi connectivity index (χ4n) is 3.74. The molecule has 4 rings (SSSR count). The van der Waals surface area contributed by atoms with Crippen LogP contribution in [0.4, 0.5) is 10.1 Å². The van der Waals surface area contributed by atoms with E-state index < -0.39 is 5.82 Å². The number of nitrogens with one attached hydrogen (secondary N) is 2. The van der Waals surface area contributed by atoms with E-state index >= 15 is 0 Å². The maximum absolute atomic E-state index is 13.4. The van der Waals surface area contributed by atoms with Crippen LogP contribution in [0, 0.1) is 12.7 Å². The maximum atomic E-state index is 13.4. The van der Waals surface area contributed by atoms with E-state index in [9.17, 15) is 14.0 Å². The molecule has 0 unspecified atom stereocenters. The highest BCUT2D eigenvalue weighted by molar-refractivity contribution is 5.94. The molecule has 0 saturated carbocycles. The van der Waals surface area contributed by atoms with Crippen molar-refractivity contribution in [2.75, 3.05) is 11.9 Å². The number of benzene rings is 3. The van der Waals surface area contributed by atoms with Crippen LogP contribution in [-0.4, -0.2) is 27.9 Å². The average Bonchev–Trinajstić information content (AvgIpc) is 3.13. The first-order valence-corrected chi connectivity index (χ1v) is 10.8. The molecule has 4 aromatic rings. The molecule has 0 saturated heterocycles. The van der Waals surface area contributed by atoms with Crippen molar-refractivity contribution in [3.63, 3.8) is 0 Å². The molecule has 6 nitrogen and oxygen atoms in total. The minimum atomic E-state index is -0.408. The first kappa shape index (κ1) is 22.2. The van der Waals surface area contributed by atoms with Crippen LogP contribution in [0.15, 0.2) is 72.8 Å². The Balaban J connectivity index is 1.41. The van der Waals surface area contributed by atoms with Crippen LogP contribution in [0.25, 0.3) is 11.0 Å². The third kappa shape index (κ3) is 5.63. The zero-order valence-corrected chi connectivity index (χ0v) is 18.3. The smallest absolute Gasteiger partial charge is 0.251 e. The van der Waals surface area contributed by atoms with Crippen molar-refractivity contribution < 1.29 is 14.0 Å². The predicted octanol–water partition coefficient (Wildman–Crippen LogP) is 4.49. The summed E-state index contributed by atoms with van der Waals surface area (Å²) in [6, 6.07) is 20.9. The molecular formula is C26H25FN4O2. The van der Waals surface area contributed by atoms with Gasteiger partial charge in [-0.25, -0.2) is 9.37 Å². The number of hydrogen-bond donors (Lipinski definition) is 2. The fraction of sp³-hybridized carbons (Fsp3) is 0.192. The number of carbonyl (C=O) groups is 2. The summed E-state index contributed by atoms with van der Waals surface area (Å²) < 4.78 is 15.3. The normalized spacial score (nSPS) is 10.8. The molecule has 7 heteroatoms. The maximum Gasteiger partial charge on any atom is 0.251 e. The molecule has 3 aromatic carbocycles. The van der Waals surface area contributed by atoms with Gasteiger partial charge in [-0.15, -0.1) is 0 Å². The highest BCUT2D eigenvalue weighted by Gasteiger charge is 2.14. The molecule has 0 bridgehead atoms. The van der Waals surface area contributed by atoms with Gasteiger partial charge in [-0.2, -0.15) is 0 Å². The van der Waals surface area contributed by atoms with Gasteiger partial charge in [-0.1, -0.05) is 35.9 Å². The van der Waals surface area contributed by atoms with Crippen molar-refractivity contribution in [3.8, 4) is 0 Å². The van der Waals surface area contributed by atoms with Gasteiger partial charge >= 0.3 is 0 Å². The summed E-state index contributed by atoms with van der Waals surface area (Å²) >= 11 is 0. The topological polar surface area (TPSA) is 76.0 Å². The van der Waals surface area contributed by atoms with Crippen molar-refractivity contribution in [1.29, 1.82) is 0 Å². The predicted molar refractivity (Wildman–Crippen MR) is 127 cm³/mol. The number of rotatable bonds is 8. The summed E-state index contributed by atoms with van der Waals surface area (Å²) in [5.74, 6) is -0.0240. The highest BCUT2D eigenvalue weighted by atomic mass is 19.1. The summed E-state index contributed by atoms with van der Waals surface area (Å²) in [6.07, 6.45) is 1.27. The Morgan fingerprint density at radius 2 is 1.82 bits per heavy atom. The number of nitrogens with zero attached hydrogens (tertiary/aromatic N) is 2. The van der Waals surface area contributed by atoms with Gasteiger partial charge in [0.25, 0.3) is 5.91 Å². The standard InChI is InChI=1S/C26H25FN4O2/c1-18-7-4-8-19(15-18)26(33)28-14-6-13-24-30-22-11-2-3-12-23(22)31(24)17-25(32)29-21-10-5-9-20(27)16-21/h2-5,7-12,15-16H,6,13-14,17H2,1H3,(H,28,33)(H,29,32). The monoisotopic (exact) mass is 444 g/mol. The lowest BCUT2D eigenvalue weighted by molar-refractivity contribution is -0.116. The molecule has 1 heterocycles. The van der Waals surface area contributed by atoms with E-state index in [1.54, 1.807) is 18.2 Å². The van der Waals surface area contributed by atoms with E-state index in [1.165, 1.54) is 12.1 Å². The van der Waals surface area contributed by atoms with Gasteiger partial charge in [0, 0.05) is 24.2 Å². The molecule has 0 fully saturated rings. The number of amides is 2. The van der Waals surface area contributed by atoms with Crippen molar-refractivity contribution in [3.05, 3.63) is 95.6 Å². The Bertz CT molecular complexity index is 1300. The van der Waals surface area contributed by atoms with Crippen molar-refractivity contribution in [2.24, 2.45) is 0 Å². The Morgan fingerprint density at radius 3 is 2.64 bits per heavy atom. The molecule has 0 aliphatic carbocycles. The van der Waals surface area contributed by atoms with E-state index in [4.69, 9.17) is 0 Å². The lowest BCUT2D eigenvalue weighted by Gasteiger charge is -2.11. The second-order valence-corrected chi connectivity index (χ2v) is 7.89. The number of imidazole rings is 1. The van der Waals surface area contributed by atoms with Gasteiger partial charge in [-0.3, -0.25) is 9.59 Å². The summed E-state index contributed by atoms with van der Waals surface area (Å²) in [4.78, 5) is 29.7. The van der Waals surface area contributed by atoms with Gasteiger partial charge < -0.3 is 15.2 Å². The largest absolute Gasteiger partial charge is 0.352 e. The number of aryl methyl sites for hydroxylation is 2. The van der Waals surface area contributed by atoms with E-state index in [-0.39, 0.29) is 18.4 Å². The number of anilines is 1. The van der Waals surface area contributed by atoms with Crippen LogP contribution in [-0.2, 0) is 17.8 Å². The van der Waals surface area contributed by atoms with Crippen LogP contribution >= 0.6 is 0 Å². The van der Waals surface area contributed by atoms with Gasteiger partial charge in [0.15, 0.2) is 0 Å². The van der Waals surface area contributed by atoms with Gasteiger partial charge in [0.05, 0.1) is 11.0 Å². The van der Waals surface area contributed by atoms with Crippen LogP contribution in [0.1, 0.15) is 28.2 Å². The zero-order chi connectivity index (χ0) is 23.2. The molecular weight excluding hydrogens is 419 g/mol. The molecule has 0 aliphatic heterocycles. The van der Waals surface area contributed by atoms with E-state index in [0.717, 1.165) is 22.4 Å². The minimum absolute atomic E-state index is 0.0576. The van der Waals surface area contributed by atoms with Crippen LogP contribution in [0.3, 0.4) is 0 Å². The number of aromatic nitrogens is 2. The van der Waals surface area contributed by atoms with Crippen LogP contribution < -0.4 is 10.6 Å². The Labute approximate surface area is 191 Å². The molecule has 2 N–H and O–H groups in total. The third-order valence-corrected chi connectivity index (χ3v) is 5.29. The highest BCUT2D eigenvalue weighted by Crippen LogP contribution is 2.18. The van der Waals surface area contributed by atoms with Crippen LogP contribution in [0.2, 0.25) is 0 Å². The number of halogens is 1. The lowest BCUT2D eigenvalue weighted by Crippen LogP contribution is -2.25. The first-order valence-electron chi connectivity index (χ1n) is 10.8. The molecule has 168 valence electrons. The molecule has 0 radical (unpaired) electrons. The Hall–Kier alpha value is -4.00. The third-order valence-electron chi connectivity index (χ3n) is 5.29. The number of fused-ring (bicyclic) bond motifs is 1. The second-order valence-electron chi connectivity index (χ2n) is 7.89. The molecule has 0 spiro atoms. The summed E-state index contributed by atoms with van der Waals surface area (Å²) in [6.45, 7) is 2.50. The van der Waals surface area contributed by atoms with Gasteiger partial charge in [-0.05, 0) is 55.8 Å². The first-order chi connectivity index (χ1) is 16.0. The SMILES string of the molecule is Cc1cccc(C(=O)NCCCc2nc3ccccc3n2CC(=O)Nc2cccc(F)c2)c1. The quantitative estimate of drug-likeness (QED) is 0.393. The molecule has 0 atom stereocenters. The van der Waals surface area contributed by atoms with Crippen LogP contribution in [0.5, 0.6) is 0 Å². The number of para-hydroxylation sites is 2. The zero-order valence-electron chi connectivity index (χ0n) is 18.3. The molecule has 1 aromatic heterocycles. The summed E-state index contributed by atoms with van der Waals surface area (Å²) in [7, 11) is 0. The van der Waals surface area contributed by atoms with E-state index in [0.29, 0.717) is 30.6 Å². The van der Waals surface area contributed by atoms with E-state index in [2.05, 4.69) is 15.6 Å². The van der Waals surface area contributed by atoms with Crippen molar-refractivity contribution >= 4 is 28.5 Å². The Kier molecular flexibility index (Phi) is 6.78. The summed E-state index contributed by atoms with van der Waals surface area (Å²) in [5.41, 5.74) is 3.73. The lowest BCUT2D eigenvalue weighted by atomic mass is 10.1. The fourth-order valence-corrected chi connectivity index (χ4v) is 3.74. The van der Waals surface area contributed by atoms with Gasteiger partial charge in [0.2, 0.25) is 5.91 Å². The Morgan fingerprint density at radius 1 is 1.00 bits per heavy atom.